The average molecular weight is 348 g/mol. The zero-order valence-electron chi connectivity index (χ0n) is 15.0. The van der Waals surface area contributed by atoms with Crippen molar-refractivity contribution in [3.05, 3.63) is 29.7 Å². The number of nitrogens with zero attached hydrogens (tertiary/aromatic N) is 1. The molecule has 7 heteroatoms. The Balaban J connectivity index is 2.10. The Labute approximate surface area is 147 Å². The van der Waals surface area contributed by atoms with E-state index in [-0.39, 0.29) is 11.6 Å². The molecule has 7 nitrogen and oxygen atoms in total. The van der Waals surface area contributed by atoms with Crippen LogP contribution in [0, 0.1) is 6.92 Å². The van der Waals surface area contributed by atoms with E-state index in [0.29, 0.717) is 48.5 Å². The predicted molar refractivity (Wildman–Crippen MR) is 93.2 cm³/mol. The van der Waals surface area contributed by atoms with Crippen molar-refractivity contribution in [3.63, 3.8) is 0 Å². The molecule has 0 radical (unpaired) electrons. The van der Waals surface area contributed by atoms with Crippen molar-refractivity contribution in [2.45, 2.75) is 20.3 Å². The van der Waals surface area contributed by atoms with E-state index in [2.05, 4.69) is 10.3 Å². The number of benzene rings is 1. The first kappa shape index (κ1) is 18.8. The Hall–Kier alpha value is -2.54. The Morgan fingerprint density at radius 3 is 2.68 bits per heavy atom. The summed E-state index contributed by atoms with van der Waals surface area (Å²) in [5.41, 5.74) is 0.984. The Bertz CT molecular complexity index is 711. The number of oxazole rings is 1. The molecule has 0 fully saturated rings. The molecule has 136 valence electrons. The van der Waals surface area contributed by atoms with Gasteiger partial charge in [-0.25, -0.2) is 4.98 Å². The van der Waals surface area contributed by atoms with Crippen molar-refractivity contribution >= 4 is 5.91 Å². The van der Waals surface area contributed by atoms with E-state index >= 15 is 0 Å². The van der Waals surface area contributed by atoms with Gasteiger partial charge in [0, 0.05) is 25.3 Å². The lowest BCUT2D eigenvalue weighted by atomic mass is 10.2. The molecule has 0 aliphatic heterocycles. The lowest BCUT2D eigenvalue weighted by Crippen LogP contribution is -2.26. The minimum atomic E-state index is -0.260. The van der Waals surface area contributed by atoms with E-state index < -0.39 is 0 Å². The van der Waals surface area contributed by atoms with Crippen LogP contribution in [-0.2, 0) is 4.74 Å². The molecule has 1 N–H and O–H groups in total. The standard InChI is InChI=1S/C18H24N2O5/c1-5-24-10-6-9-19-17(21)16-12(2)25-18(20-16)13-7-8-14(22-3)15(11-13)23-4/h7-8,11H,5-6,9-10H2,1-4H3,(H,19,21). The maximum absolute atomic E-state index is 12.2. The summed E-state index contributed by atoms with van der Waals surface area (Å²) in [5.74, 6) is 1.74. The minimum absolute atomic E-state index is 0.260. The molecule has 1 aromatic carbocycles. The van der Waals surface area contributed by atoms with E-state index in [4.69, 9.17) is 18.6 Å². The van der Waals surface area contributed by atoms with E-state index in [1.165, 1.54) is 0 Å². The third-order valence-corrected chi connectivity index (χ3v) is 3.60. The van der Waals surface area contributed by atoms with Gasteiger partial charge in [0.1, 0.15) is 5.76 Å². The molecular weight excluding hydrogens is 324 g/mol. The highest BCUT2D eigenvalue weighted by molar-refractivity contribution is 5.93. The molecule has 2 aromatic rings. The van der Waals surface area contributed by atoms with Gasteiger partial charge in [-0.15, -0.1) is 0 Å². The molecule has 1 amide bonds. The summed E-state index contributed by atoms with van der Waals surface area (Å²) in [6, 6.07) is 5.32. The molecule has 0 unspecified atom stereocenters. The highest BCUT2D eigenvalue weighted by Gasteiger charge is 2.18. The predicted octanol–water partition coefficient (Wildman–Crippen LogP) is 2.82. The first-order valence-electron chi connectivity index (χ1n) is 8.16. The zero-order valence-corrected chi connectivity index (χ0v) is 15.0. The molecule has 1 heterocycles. The Morgan fingerprint density at radius 1 is 1.24 bits per heavy atom. The highest BCUT2D eigenvalue weighted by atomic mass is 16.5. The fraction of sp³-hybridized carbons (Fsp3) is 0.444. The molecule has 0 spiro atoms. The number of carbonyl (C=O) groups is 1. The van der Waals surface area contributed by atoms with Crippen molar-refractivity contribution in [2.75, 3.05) is 34.0 Å². The largest absolute Gasteiger partial charge is 0.493 e. The zero-order chi connectivity index (χ0) is 18.2. The maximum atomic E-state index is 12.2. The topological polar surface area (TPSA) is 82.8 Å². The summed E-state index contributed by atoms with van der Waals surface area (Å²) in [4.78, 5) is 16.6. The fourth-order valence-corrected chi connectivity index (χ4v) is 2.30. The van der Waals surface area contributed by atoms with Crippen molar-refractivity contribution in [1.82, 2.24) is 10.3 Å². The van der Waals surface area contributed by atoms with Crippen LogP contribution in [0.5, 0.6) is 11.5 Å². The monoisotopic (exact) mass is 348 g/mol. The van der Waals surface area contributed by atoms with Crippen LogP contribution in [-0.4, -0.2) is 44.9 Å². The number of aryl methyl sites for hydroxylation is 1. The van der Waals surface area contributed by atoms with Gasteiger partial charge in [0.2, 0.25) is 5.89 Å². The first-order chi connectivity index (χ1) is 12.1. The van der Waals surface area contributed by atoms with Crippen LogP contribution in [0.3, 0.4) is 0 Å². The summed E-state index contributed by atoms with van der Waals surface area (Å²) in [7, 11) is 3.13. The SMILES string of the molecule is CCOCCCNC(=O)c1nc(-c2ccc(OC)c(OC)c2)oc1C. The summed E-state index contributed by atoms with van der Waals surface area (Å²) in [5, 5.41) is 2.82. The molecule has 25 heavy (non-hydrogen) atoms. The van der Waals surface area contributed by atoms with Gasteiger partial charge in [0.15, 0.2) is 17.2 Å². The number of rotatable bonds is 9. The van der Waals surface area contributed by atoms with E-state index in [1.54, 1.807) is 39.3 Å². The summed E-state index contributed by atoms with van der Waals surface area (Å²) in [6.45, 7) is 5.46. The fourth-order valence-electron chi connectivity index (χ4n) is 2.30. The first-order valence-corrected chi connectivity index (χ1v) is 8.16. The molecule has 1 aromatic heterocycles. The van der Waals surface area contributed by atoms with Gasteiger partial charge in [-0.2, -0.15) is 0 Å². The molecule has 0 saturated carbocycles. The lowest BCUT2D eigenvalue weighted by molar-refractivity contribution is 0.0938. The van der Waals surface area contributed by atoms with Crippen molar-refractivity contribution < 1.29 is 23.4 Å². The number of carbonyl (C=O) groups excluding carboxylic acids is 1. The summed E-state index contributed by atoms with van der Waals surface area (Å²) in [6.07, 6.45) is 0.749. The molecule has 0 aliphatic carbocycles. The van der Waals surface area contributed by atoms with Crippen molar-refractivity contribution in [3.8, 4) is 23.0 Å². The number of aromatic nitrogens is 1. The smallest absolute Gasteiger partial charge is 0.273 e. The van der Waals surface area contributed by atoms with Crippen LogP contribution in [0.4, 0.5) is 0 Å². The molecule has 0 bridgehead atoms. The van der Waals surface area contributed by atoms with Gasteiger partial charge >= 0.3 is 0 Å². The van der Waals surface area contributed by atoms with Gasteiger partial charge in [-0.05, 0) is 38.5 Å². The second kappa shape index (κ2) is 9.08. The van der Waals surface area contributed by atoms with Gasteiger partial charge in [0.25, 0.3) is 5.91 Å². The van der Waals surface area contributed by atoms with E-state index in [1.807, 2.05) is 6.92 Å². The third kappa shape index (κ3) is 4.73. The van der Waals surface area contributed by atoms with Crippen LogP contribution in [0.15, 0.2) is 22.6 Å². The van der Waals surface area contributed by atoms with Gasteiger partial charge in [0.05, 0.1) is 14.2 Å². The summed E-state index contributed by atoms with van der Waals surface area (Å²) < 4.78 is 21.4. The van der Waals surface area contributed by atoms with Crippen LogP contribution < -0.4 is 14.8 Å². The average Bonchev–Trinajstić information content (AvgIpc) is 3.02. The number of nitrogens with one attached hydrogen (secondary N) is 1. The van der Waals surface area contributed by atoms with E-state index in [9.17, 15) is 4.79 Å². The minimum Gasteiger partial charge on any atom is -0.493 e. The number of hydrogen-bond donors (Lipinski definition) is 1. The Kier molecular flexibility index (Phi) is 6.82. The van der Waals surface area contributed by atoms with Crippen LogP contribution >= 0.6 is 0 Å². The normalized spacial score (nSPS) is 10.6. The number of amides is 1. The van der Waals surface area contributed by atoms with Crippen LogP contribution in [0.1, 0.15) is 29.6 Å². The van der Waals surface area contributed by atoms with Crippen molar-refractivity contribution in [2.24, 2.45) is 0 Å². The Morgan fingerprint density at radius 2 is 2.00 bits per heavy atom. The lowest BCUT2D eigenvalue weighted by Gasteiger charge is -2.07. The van der Waals surface area contributed by atoms with Crippen molar-refractivity contribution in [1.29, 1.82) is 0 Å². The number of methoxy groups -OCH3 is 2. The van der Waals surface area contributed by atoms with Gasteiger partial charge in [-0.3, -0.25) is 4.79 Å². The second-order valence-corrected chi connectivity index (χ2v) is 5.30. The second-order valence-electron chi connectivity index (χ2n) is 5.30. The molecule has 0 aliphatic rings. The van der Waals surface area contributed by atoms with E-state index in [0.717, 1.165) is 6.42 Å². The number of hydrogen-bond acceptors (Lipinski definition) is 6. The van der Waals surface area contributed by atoms with Gasteiger partial charge in [-0.1, -0.05) is 0 Å². The maximum Gasteiger partial charge on any atom is 0.273 e. The quantitative estimate of drug-likeness (QED) is 0.702. The number of ether oxygens (including phenoxy) is 3. The third-order valence-electron chi connectivity index (χ3n) is 3.60. The molecule has 2 rings (SSSR count). The molecule has 0 saturated heterocycles. The molecular formula is C18H24N2O5. The van der Waals surface area contributed by atoms with Crippen LogP contribution in [0.2, 0.25) is 0 Å². The highest BCUT2D eigenvalue weighted by Crippen LogP contribution is 2.32. The molecule has 0 atom stereocenters. The van der Waals surface area contributed by atoms with Crippen LogP contribution in [0.25, 0.3) is 11.5 Å². The summed E-state index contributed by atoms with van der Waals surface area (Å²) >= 11 is 0. The van der Waals surface area contributed by atoms with Gasteiger partial charge < -0.3 is 23.9 Å².